The van der Waals surface area contributed by atoms with Gasteiger partial charge in [-0.05, 0) is 32.4 Å². The predicted molar refractivity (Wildman–Crippen MR) is 87.0 cm³/mol. The molecule has 6 nitrogen and oxygen atoms in total. The molecule has 0 aromatic carbocycles. The fraction of sp³-hybridized carbons (Fsp3) is 0.375. The molecule has 2 aromatic rings. The van der Waals surface area contributed by atoms with Crippen LogP contribution in [-0.2, 0) is 17.7 Å². The smallest absolute Gasteiger partial charge is 0.359 e. The fourth-order valence-electron chi connectivity index (χ4n) is 2.06. The van der Waals surface area contributed by atoms with E-state index in [0.29, 0.717) is 30.1 Å². The minimum Gasteiger partial charge on any atom is -0.461 e. The van der Waals surface area contributed by atoms with Crippen LogP contribution >= 0.6 is 11.3 Å². The summed E-state index contributed by atoms with van der Waals surface area (Å²) in [6, 6.07) is 5.39. The molecule has 126 valence electrons. The van der Waals surface area contributed by atoms with Gasteiger partial charge in [0.05, 0.1) is 6.61 Å². The van der Waals surface area contributed by atoms with Crippen molar-refractivity contribution in [2.24, 2.45) is 0 Å². The topological polar surface area (TPSA) is 87.9 Å². The highest BCUT2D eigenvalue weighted by Crippen LogP contribution is 2.18. The zero-order valence-electron chi connectivity index (χ0n) is 13.2. The highest BCUT2D eigenvalue weighted by molar-refractivity contribution is 7.12. The first-order valence-electron chi connectivity index (χ1n) is 7.52. The fourth-order valence-corrected chi connectivity index (χ4v) is 2.88. The van der Waals surface area contributed by atoms with Gasteiger partial charge in [-0.1, -0.05) is 6.07 Å². The number of aromatic nitrogens is 2. The molecule has 0 aliphatic heterocycles. The van der Waals surface area contributed by atoms with Crippen molar-refractivity contribution >= 4 is 17.3 Å². The molecule has 2 heterocycles. The standard InChI is InChI=1S/C16H17FN4O2S/c1-2-23-16(22)14-12(9-18)24-13(21-14)10-19-7-3-5-11-6-4-8-20-15(11)17/h4,6,8,19H,2-3,5,7,10H2,1H3. The molecule has 0 saturated carbocycles. The second-order valence-corrected chi connectivity index (χ2v) is 5.93. The summed E-state index contributed by atoms with van der Waals surface area (Å²) in [6.07, 6.45) is 2.75. The first-order valence-corrected chi connectivity index (χ1v) is 8.34. The van der Waals surface area contributed by atoms with Gasteiger partial charge in [0.1, 0.15) is 16.0 Å². The van der Waals surface area contributed by atoms with Crippen molar-refractivity contribution in [3.8, 4) is 6.07 Å². The molecule has 0 fully saturated rings. The van der Waals surface area contributed by atoms with Crippen LogP contribution in [0.1, 0.15) is 39.3 Å². The second kappa shape index (κ2) is 9.05. The van der Waals surface area contributed by atoms with Gasteiger partial charge in [0.2, 0.25) is 5.95 Å². The summed E-state index contributed by atoms with van der Waals surface area (Å²) < 4.78 is 18.3. The Morgan fingerprint density at radius 2 is 2.38 bits per heavy atom. The van der Waals surface area contributed by atoms with E-state index in [1.54, 1.807) is 19.1 Å². The lowest BCUT2D eigenvalue weighted by atomic mass is 10.1. The zero-order chi connectivity index (χ0) is 17.4. The number of carbonyl (C=O) groups is 1. The van der Waals surface area contributed by atoms with Crippen molar-refractivity contribution in [3.05, 3.63) is 45.4 Å². The number of nitrogens with zero attached hydrogens (tertiary/aromatic N) is 3. The van der Waals surface area contributed by atoms with Gasteiger partial charge in [-0.15, -0.1) is 11.3 Å². The molecule has 0 aliphatic rings. The first kappa shape index (κ1) is 18.0. The SMILES string of the molecule is CCOC(=O)c1nc(CNCCCc2cccnc2F)sc1C#N. The number of hydrogen-bond donors (Lipinski definition) is 1. The largest absolute Gasteiger partial charge is 0.461 e. The van der Waals surface area contributed by atoms with Gasteiger partial charge in [0, 0.05) is 18.3 Å². The molecule has 0 unspecified atom stereocenters. The Balaban J connectivity index is 1.81. The molecular formula is C16H17FN4O2S. The predicted octanol–water partition coefficient (Wildman–Crippen LogP) is 2.45. The highest BCUT2D eigenvalue weighted by Gasteiger charge is 2.18. The molecule has 24 heavy (non-hydrogen) atoms. The van der Waals surface area contributed by atoms with Crippen LogP contribution in [0.5, 0.6) is 0 Å². The van der Waals surface area contributed by atoms with Crippen LogP contribution in [0, 0.1) is 17.3 Å². The lowest BCUT2D eigenvalue weighted by Crippen LogP contribution is -2.16. The molecule has 0 saturated heterocycles. The minimum absolute atomic E-state index is 0.0681. The summed E-state index contributed by atoms with van der Waals surface area (Å²) in [5, 5.41) is 12.9. The van der Waals surface area contributed by atoms with Crippen molar-refractivity contribution in [3.63, 3.8) is 0 Å². The number of aryl methyl sites for hydroxylation is 1. The van der Waals surface area contributed by atoms with Gasteiger partial charge >= 0.3 is 5.97 Å². The van der Waals surface area contributed by atoms with Crippen molar-refractivity contribution in [1.82, 2.24) is 15.3 Å². The third kappa shape index (κ3) is 4.81. The Bertz CT molecular complexity index is 742. The van der Waals surface area contributed by atoms with Crippen LogP contribution in [-0.4, -0.2) is 29.1 Å². The average Bonchev–Trinajstić information content (AvgIpc) is 3.00. The molecule has 0 amide bonds. The molecular weight excluding hydrogens is 331 g/mol. The van der Waals surface area contributed by atoms with E-state index < -0.39 is 11.9 Å². The molecule has 0 spiro atoms. The maximum absolute atomic E-state index is 13.4. The summed E-state index contributed by atoms with van der Waals surface area (Å²) in [7, 11) is 0. The van der Waals surface area contributed by atoms with Crippen LogP contribution in [0.15, 0.2) is 18.3 Å². The Morgan fingerprint density at radius 3 is 3.08 bits per heavy atom. The molecule has 2 rings (SSSR count). The van der Waals surface area contributed by atoms with E-state index in [9.17, 15) is 9.18 Å². The van der Waals surface area contributed by atoms with Crippen LogP contribution in [0.2, 0.25) is 0 Å². The summed E-state index contributed by atoms with van der Waals surface area (Å²) in [4.78, 5) is 19.7. The van der Waals surface area contributed by atoms with Crippen molar-refractivity contribution in [2.45, 2.75) is 26.3 Å². The van der Waals surface area contributed by atoms with E-state index >= 15 is 0 Å². The number of esters is 1. The lowest BCUT2D eigenvalue weighted by molar-refractivity contribution is 0.0520. The van der Waals surface area contributed by atoms with Crippen LogP contribution in [0.25, 0.3) is 0 Å². The molecule has 2 aromatic heterocycles. The van der Waals surface area contributed by atoms with E-state index in [1.807, 2.05) is 6.07 Å². The Morgan fingerprint density at radius 1 is 1.54 bits per heavy atom. The summed E-state index contributed by atoms with van der Waals surface area (Å²) in [5.74, 6) is -1.02. The van der Waals surface area contributed by atoms with Crippen molar-refractivity contribution in [2.75, 3.05) is 13.2 Å². The van der Waals surface area contributed by atoms with Crippen LogP contribution in [0.3, 0.4) is 0 Å². The average molecular weight is 348 g/mol. The van der Waals surface area contributed by atoms with Crippen LogP contribution in [0.4, 0.5) is 4.39 Å². The number of nitrogens with one attached hydrogen (secondary N) is 1. The number of pyridine rings is 1. The Hall–Kier alpha value is -2.37. The number of hydrogen-bond acceptors (Lipinski definition) is 7. The van der Waals surface area contributed by atoms with Gasteiger partial charge in [-0.25, -0.2) is 14.8 Å². The molecule has 8 heteroatoms. The van der Waals surface area contributed by atoms with E-state index in [1.165, 1.54) is 6.20 Å². The van der Waals surface area contributed by atoms with Crippen molar-refractivity contribution in [1.29, 1.82) is 5.26 Å². The number of halogens is 1. The number of thiazole rings is 1. The number of ether oxygens (including phenoxy) is 1. The zero-order valence-corrected chi connectivity index (χ0v) is 14.0. The highest BCUT2D eigenvalue weighted by atomic mass is 32.1. The summed E-state index contributed by atoms with van der Waals surface area (Å²) in [5.41, 5.74) is 0.656. The minimum atomic E-state index is -0.580. The molecule has 0 aliphatic carbocycles. The van der Waals surface area contributed by atoms with Gasteiger partial charge in [-0.3, -0.25) is 0 Å². The van der Waals surface area contributed by atoms with Gasteiger partial charge in [0.25, 0.3) is 0 Å². The third-order valence-electron chi connectivity index (χ3n) is 3.15. The van der Waals surface area contributed by atoms with E-state index in [2.05, 4.69) is 15.3 Å². The van der Waals surface area contributed by atoms with E-state index in [-0.39, 0.29) is 17.2 Å². The number of carbonyl (C=O) groups excluding carboxylic acids is 1. The number of nitriles is 1. The Labute approximate surface area is 143 Å². The maximum Gasteiger partial charge on any atom is 0.359 e. The van der Waals surface area contributed by atoms with E-state index in [0.717, 1.165) is 17.8 Å². The third-order valence-corrected chi connectivity index (χ3v) is 4.11. The van der Waals surface area contributed by atoms with E-state index in [4.69, 9.17) is 10.00 Å². The summed E-state index contributed by atoms with van der Waals surface area (Å²) >= 11 is 1.16. The quantitative estimate of drug-likeness (QED) is 0.448. The molecule has 0 radical (unpaired) electrons. The van der Waals surface area contributed by atoms with Crippen LogP contribution < -0.4 is 5.32 Å². The lowest BCUT2D eigenvalue weighted by Gasteiger charge is -2.03. The molecule has 0 bridgehead atoms. The number of rotatable bonds is 8. The van der Waals surface area contributed by atoms with Gasteiger partial charge in [0.15, 0.2) is 5.69 Å². The second-order valence-electron chi connectivity index (χ2n) is 4.85. The Kier molecular flexibility index (Phi) is 6.78. The normalized spacial score (nSPS) is 10.4. The monoisotopic (exact) mass is 348 g/mol. The maximum atomic E-state index is 13.4. The van der Waals surface area contributed by atoms with Crippen molar-refractivity contribution < 1.29 is 13.9 Å². The van der Waals surface area contributed by atoms with Gasteiger partial charge < -0.3 is 10.1 Å². The van der Waals surface area contributed by atoms with Gasteiger partial charge in [-0.2, -0.15) is 9.65 Å². The first-order chi connectivity index (χ1) is 11.7. The molecule has 1 N–H and O–H groups in total. The summed E-state index contributed by atoms with van der Waals surface area (Å²) in [6.45, 7) is 3.03. The molecule has 0 atom stereocenters.